The van der Waals surface area contributed by atoms with Crippen molar-refractivity contribution in [3.8, 4) is 11.3 Å². The predicted molar refractivity (Wildman–Crippen MR) is 104 cm³/mol. The number of benzene rings is 2. The molecule has 0 atom stereocenters. The van der Waals surface area contributed by atoms with Crippen molar-refractivity contribution < 1.29 is 9.18 Å². The molecule has 26 heavy (non-hydrogen) atoms. The van der Waals surface area contributed by atoms with Crippen LogP contribution in [0.3, 0.4) is 0 Å². The molecule has 0 aliphatic heterocycles. The Bertz CT molecular complexity index is 862. The number of aromatic amines is 1. The van der Waals surface area contributed by atoms with Crippen molar-refractivity contribution in [1.29, 1.82) is 0 Å². The lowest BCUT2D eigenvalue weighted by Crippen LogP contribution is -2.38. The highest BCUT2D eigenvalue weighted by Gasteiger charge is 2.19. The normalized spacial score (nSPS) is 10.9. The Kier molecular flexibility index (Phi) is 5.73. The standard InChI is InChI=1S/C20H20FN3OS/c1-14(2)24(17-6-4-3-5-7-17)19(25)13-26-20-22-12-18(23-20)15-8-10-16(21)11-9-15/h3-12,14H,13H2,1-2H3,(H,22,23). The number of thioether (sulfide) groups is 1. The molecule has 6 heteroatoms. The van der Waals surface area contributed by atoms with Gasteiger partial charge in [0.1, 0.15) is 5.82 Å². The van der Waals surface area contributed by atoms with Gasteiger partial charge in [-0.3, -0.25) is 4.79 Å². The SMILES string of the molecule is CC(C)N(C(=O)CSc1ncc(-c2ccc(F)cc2)[nH]1)c1ccccc1. The van der Waals surface area contributed by atoms with Gasteiger partial charge in [-0.15, -0.1) is 0 Å². The summed E-state index contributed by atoms with van der Waals surface area (Å²) in [6.45, 7) is 3.99. The van der Waals surface area contributed by atoms with Crippen LogP contribution in [-0.4, -0.2) is 27.7 Å². The molecule has 0 aliphatic carbocycles. The molecular weight excluding hydrogens is 349 g/mol. The van der Waals surface area contributed by atoms with Crippen LogP contribution in [0.2, 0.25) is 0 Å². The Hall–Kier alpha value is -2.60. The molecule has 0 bridgehead atoms. The van der Waals surface area contributed by atoms with Crippen molar-refractivity contribution in [2.75, 3.05) is 10.7 Å². The van der Waals surface area contributed by atoms with Gasteiger partial charge in [0.2, 0.25) is 5.91 Å². The Labute approximate surface area is 156 Å². The smallest absolute Gasteiger partial charge is 0.237 e. The number of carbonyl (C=O) groups is 1. The largest absolute Gasteiger partial charge is 0.333 e. The van der Waals surface area contributed by atoms with Crippen molar-refractivity contribution in [2.24, 2.45) is 0 Å². The minimum absolute atomic E-state index is 0.0240. The average Bonchev–Trinajstić information content (AvgIpc) is 3.10. The summed E-state index contributed by atoms with van der Waals surface area (Å²) in [5.41, 5.74) is 2.54. The molecule has 1 amide bonds. The molecule has 0 saturated heterocycles. The Morgan fingerprint density at radius 3 is 2.50 bits per heavy atom. The first-order valence-electron chi connectivity index (χ1n) is 8.35. The van der Waals surface area contributed by atoms with Crippen LogP contribution in [0.1, 0.15) is 13.8 Å². The molecule has 1 N–H and O–H groups in total. The van der Waals surface area contributed by atoms with Gasteiger partial charge in [0, 0.05) is 11.7 Å². The second kappa shape index (κ2) is 8.19. The Morgan fingerprint density at radius 2 is 1.85 bits per heavy atom. The third-order valence-electron chi connectivity index (χ3n) is 3.86. The fourth-order valence-corrected chi connectivity index (χ4v) is 3.38. The monoisotopic (exact) mass is 369 g/mol. The molecule has 3 aromatic rings. The van der Waals surface area contributed by atoms with Crippen LogP contribution >= 0.6 is 11.8 Å². The molecular formula is C20H20FN3OS. The van der Waals surface area contributed by atoms with E-state index >= 15 is 0 Å². The number of rotatable bonds is 6. The number of hydrogen-bond donors (Lipinski definition) is 1. The van der Waals surface area contributed by atoms with E-state index in [0.717, 1.165) is 16.9 Å². The van der Waals surface area contributed by atoms with E-state index in [0.29, 0.717) is 5.16 Å². The number of aromatic nitrogens is 2. The van der Waals surface area contributed by atoms with Gasteiger partial charge < -0.3 is 9.88 Å². The zero-order valence-electron chi connectivity index (χ0n) is 14.6. The van der Waals surface area contributed by atoms with E-state index in [9.17, 15) is 9.18 Å². The van der Waals surface area contributed by atoms with E-state index < -0.39 is 0 Å². The van der Waals surface area contributed by atoms with Gasteiger partial charge in [0.25, 0.3) is 0 Å². The third-order valence-corrected chi connectivity index (χ3v) is 4.73. The molecule has 2 aromatic carbocycles. The minimum atomic E-state index is -0.275. The lowest BCUT2D eigenvalue weighted by molar-refractivity contribution is -0.116. The quantitative estimate of drug-likeness (QED) is 0.638. The number of carbonyl (C=O) groups excluding carboxylic acids is 1. The van der Waals surface area contributed by atoms with Crippen LogP contribution in [0.4, 0.5) is 10.1 Å². The molecule has 0 unspecified atom stereocenters. The van der Waals surface area contributed by atoms with Crippen molar-refractivity contribution in [2.45, 2.75) is 25.0 Å². The first-order valence-corrected chi connectivity index (χ1v) is 9.34. The van der Waals surface area contributed by atoms with E-state index in [1.807, 2.05) is 44.2 Å². The number of nitrogens with zero attached hydrogens (tertiary/aromatic N) is 2. The van der Waals surface area contributed by atoms with E-state index in [1.165, 1.54) is 23.9 Å². The van der Waals surface area contributed by atoms with E-state index in [-0.39, 0.29) is 23.5 Å². The molecule has 1 aromatic heterocycles. The summed E-state index contributed by atoms with van der Waals surface area (Å²) in [4.78, 5) is 22.0. The molecule has 0 saturated carbocycles. The maximum Gasteiger partial charge on any atom is 0.237 e. The highest BCUT2D eigenvalue weighted by molar-refractivity contribution is 7.99. The van der Waals surface area contributed by atoms with Crippen LogP contribution in [0.15, 0.2) is 66.0 Å². The maximum atomic E-state index is 13.0. The van der Waals surface area contributed by atoms with Gasteiger partial charge in [-0.2, -0.15) is 0 Å². The fourth-order valence-electron chi connectivity index (χ4n) is 2.67. The molecule has 0 fully saturated rings. The highest BCUT2D eigenvalue weighted by atomic mass is 32.2. The summed E-state index contributed by atoms with van der Waals surface area (Å²) in [6, 6.07) is 15.9. The van der Waals surface area contributed by atoms with Crippen LogP contribution < -0.4 is 4.90 Å². The Balaban J connectivity index is 1.66. The maximum absolute atomic E-state index is 13.0. The molecule has 0 radical (unpaired) electrons. The number of imidazole rings is 1. The zero-order valence-corrected chi connectivity index (χ0v) is 15.5. The number of H-pyrrole nitrogens is 1. The number of hydrogen-bond acceptors (Lipinski definition) is 3. The molecule has 1 heterocycles. The number of amides is 1. The summed E-state index contributed by atoms with van der Waals surface area (Å²) in [7, 11) is 0. The third kappa shape index (κ3) is 4.32. The molecule has 0 spiro atoms. The summed E-state index contributed by atoms with van der Waals surface area (Å²) in [5.74, 6) is 0.0303. The van der Waals surface area contributed by atoms with E-state index in [4.69, 9.17) is 0 Å². The van der Waals surface area contributed by atoms with Crippen LogP contribution in [0.25, 0.3) is 11.3 Å². The van der Waals surface area contributed by atoms with Gasteiger partial charge in [-0.1, -0.05) is 30.0 Å². The number of anilines is 1. The zero-order chi connectivity index (χ0) is 18.5. The lowest BCUT2D eigenvalue weighted by Gasteiger charge is -2.26. The van der Waals surface area contributed by atoms with Crippen molar-refractivity contribution in [3.63, 3.8) is 0 Å². The summed E-state index contributed by atoms with van der Waals surface area (Å²) >= 11 is 1.36. The molecule has 0 aliphatic rings. The second-order valence-electron chi connectivity index (χ2n) is 6.09. The fraction of sp³-hybridized carbons (Fsp3) is 0.200. The first-order chi connectivity index (χ1) is 12.5. The molecule has 134 valence electrons. The second-order valence-corrected chi connectivity index (χ2v) is 7.05. The van der Waals surface area contributed by atoms with E-state index in [2.05, 4.69) is 9.97 Å². The summed E-state index contributed by atoms with van der Waals surface area (Å²) in [5, 5.41) is 0.662. The topological polar surface area (TPSA) is 49.0 Å². The molecule has 3 rings (SSSR count). The predicted octanol–water partition coefficient (Wildman–Crippen LogP) is 4.75. The van der Waals surface area contributed by atoms with Crippen molar-refractivity contribution in [1.82, 2.24) is 9.97 Å². The van der Waals surface area contributed by atoms with Crippen LogP contribution in [-0.2, 0) is 4.79 Å². The van der Waals surface area contributed by atoms with Gasteiger partial charge in [-0.05, 0) is 55.8 Å². The van der Waals surface area contributed by atoms with Gasteiger partial charge in [0.05, 0.1) is 17.6 Å². The summed E-state index contributed by atoms with van der Waals surface area (Å²) < 4.78 is 13.0. The Morgan fingerprint density at radius 1 is 1.15 bits per heavy atom. The van der Waals surface area contributed by atoms with Gasteiger partial charge in [0.15, 0.2) is 5.16 Å². The molecule has 4 nitrogen and oxygen atoms in total. The summed E-state index contributed by atoms with van der Waals surface area (Å²) in [6.07, 6.45) is 1.69. The van der Waals surface area contributed by atoms with Crippen LogP contribution in [0, 0.1) is 5.82 Å². The number of halogens is 1. The first kappa shape index (κ1) is 18.2. The number of para-hydroxylation sites is 1. The van der Waals surface area contributed by atoms with Gasteiger partial charge in [-0.25, -0.2) is 9.37 Å². The average molecular weight is 369 g/mol. The minimum Gasteiger partial charge on any atom is -0.333 e. The van der Waals surface area contributed by atoms with Crippen LogP contribution in [0.5, 0.6) is 0 Å². The lowest BCUT2D eigenvalue weighted by atomic mass is 10.2. The highest BCUT2D eigenvalue weighted by Crippen LogP contribution is 2.23. The van der Waals surface area contributed by atoms with E-state index in [1.54, 1.807) is 23.2 Å². The van der Waals surface area contributed by atoms with Crippen molar-refractivity contribution >= 4 is 23.4 Å². The number of nitrogens with one attached hydrogen (secondary N) is 1. The van der Waals surface area contributed by atoms with Gasteiger partial charge >= 0.3 is 0 Å². The van der Waals surface area contributed by atoms with Crippen molar-refractivity contribution in [3.05, 3.63) is 66.6 Å².